The predicted octanol–water partition coefficient (Wildman–Crippen LogP) is 5.96. The van der Waals surface area contributed by atoms with Crippen LogP contribution < -0.4 is 15.0 Å². The molecule has 2 aromatic carbocycles. The number of thiophene rings is 1. The minimum Gasteiger partial charge on any atom is -0.495 e. The summed E-state index contributed by atoms with van der Waals surface area (Å²) in [6.07, 6.45) is 0.852. The van der Waals surface area contributed by atoms with E-state index in [1.54, 1.807) is 30.2 Å². The lowest BCUT2D eigenvalue weighted by Crippen LogP contribution is -2.49. The number of amides is 3. The van der Waals surface area contributed by atoms with Crippen molar-refractivity contribution in [2.45, 2.75) is 32.7 Å². The molecule has 1 aliphatic heterocycles. The van der Waals surface area contributed by atoms with Gasteiger partial charge in [0.2, 0.25) is 0 Å². The maximum Gasteiger partial charge on any atom is 0.324 e. The van der Waals surface area contributed by atoms with Gasteiger partial charge in [-0.25, -0.2) is 4.79 Å². The van der Waals surface area contributed by atoms with E-state index >= 15 is 0 Å². The van der Waals surface area contributed by atoms with E-state index in [0.29, 0.717) is 47.6 Å². The van der Waals surface area contributed by atoms with Crippen LogP contribution in [0.5, 0.6) is 5.75 Å². The molecule has 1 aromatic heterocycles. The topological polar surface area (TPSA) is 61.9 Å². The van der Waals surface area contributed by atoms with Crippen molar-refractivity contribution in [2.24, 2.45) is 0 Å². The Bertz CT molecular complexity index is 1110. The number of nitrogens with one attached hydrogen (secondary N) is 1. The molecular weight excluding hydrogens is 434 g/mol. The van der Waals surface area contributed by atoms with Gasteiger partial charge in [0.15, 0.2) is 0 Å². The van der Waals surface area contributed by atoms with Gasteiger partial charge in [-0.2, -0.15) is 0 Å². The molecule has 0 unspecified atom stereocenters. The molecule has 0 bridgehead atoms. The van der Waals surface area contributed by atoms with E-state index in [1.807, 2.05) is 22.4 Å². The van der Waals surface area contributed by atoms with Crippen LogP contribution in [0.15, 0.2) is 60.0 Å². The molecule has 1 N–H and O–H groups in total. The van der Waals surface area contributed by atoms with Gasteiger partial charge in [-0.1, -0.05) is 44.2 Å². The predicted molar refractivity (Wildman–Crippen MR) is 134 cm³/mol. The first-order valence-corrected chi connectivity index (χ1v) is 12.0. The van der Waals surface area contributed by atoms with E-state index in [4.69, 9.17) is 4.74 Å². The summed E-state index contributed by atoms with van der Waals surface area (Å²) in [6, 6.07) is 17.4. The fourth-order valence-electron chi connectivity index (χ4n) is 3.96. The van der Waals surface area contributed by atoms with Gasteiger partial charge in [-0.05, 0) is 53.1 Å². The van der Waals surface area contributed by atoms with Crippen LogP contribution in [0.4, 0.5) is 16.2 Å². The molecule has 1 aliphatic rings. The van der Waals surface area contributed by atoms with Crippen molar-refractivity contribution in [3.05, 3.63) is 76.0 Å². The first kappa shape index (κ1) is 22.9. The Morgan fingerprint density at radius 1 is 1.12 bits per heavy atom. The Hall–Kier alpha value is -3.32. The number of hydrogen-bond acceptors (Lipinski definition) is 4. The van der Waals surface area contributed by atoms with Crippen LogP contribution in [0, 0.1) is 0 Å². The monoisotopic (exact) mass is 463 g/mol. The SMILES string of the molecule is COc1ccc(NC(=O)c2cccs2)cc1N1CCCN(Cc2ccc(C(C)C)cc2)C1=O. The molecule has 0 aliphatic carbocycles. The Morgan fingerprint density at radius 2 is 1.91 bits per heavy atom. The summed E-state index contributed by atoms with van der Waals surface area (Å²) in [6.45, 7) is 6.21. The first-order valence-electron chi connectivity index (χ1n) is 11.1. The molecule has 2 heterocycles. The third-order valence-electron chi connectivity index (χ3n) is 5.80. The number of carbonyl (C=O) groups is 2. The summed E-state index contributed by atoms with van der Waals surface area (Å²) in [5.41, 5.74) is 3.68. The summed E-state index contributed by atoms with van der Waals surface area (Å²) in [7, 11) is 1.59. The van der Waals surface area contributed by atoms with E-state index in [0.717, 1.165) is 12.0 Å². The largest absolute Gasteiger partial charge is 0.495 e. The standard InChI is InChI=1S/C26H29N3O3S/c1-18(2)20-9-7-19(8-10-20)17-28-13-5-14-29(26(28)31)22-16-21(11-12-23(22)32-3)27-25(30)24-6-4-15-33-24/h4,6-12,15-16,18H,5,13-14,17H2,1-3H3,(H,27,30). The fourth-order valence-corrected chi connectivity index (χ4v) is 4.58. The molecule has 0 saturated carbocycles. The normalized spacial score (nSPS) is 14.0. The van der Waals surface area contributed by atoms with Crippen molar-refractivity contribution in [3.8, 4) is 5.75 Å². The number of benzene rings is 2. The third-order valence-corrected chi connectivity index (χ3v) is 6.67. The summed E-state index contributed by atoms with van der Waals surface area (Å²) in [4.78, 5) is 30.1. The second-order valence-electron chi connectivity index (χ2n) is 8.42. The molecule has 0 spiro atoms. The Morgan fingerprint density at radius 3 is 2.58 bits per heavy atom. The van der Waals surface area contributed by atoms with Crippen LogP contribution in [0.2, 0.25) is 0 Å². The van der Waals surface area contributed by atoms with E-state index < -0.39 is 0 Å². The molecule has 0 radical (unpaired) electrons. The number of nitrogens with zero attached hydrogens (tertiary/aromatic N) is 2. The molecule has 172 valence electrons. The number of urea groups is 1. The van der Waals surface area contributed by atoms with Crippen molar-refractivity contribution in [3.63, 3.8) is 0 Å². The zero-order chi connectivity index (χ0) is 23.4. The summed E-state index contributed by atoms with van der Waals surface area (Å²) >= 11 is 1.39. The van der Waals surface area contributed by atoms with E-state index in [1.165, 1.54) is 16.9 Å². The Balaban J connectivity index is 1.53. The van der Waals surface area contributed by atoms with Crippen LogP contribution in [0.25, 0.3) is 0 Å². The zero-order valence-electron chi connectivity index (χ0n) is 19.2. The number of hydrogen-bond donors (Lipinski definition) is 1. The second kappa shape index (κ2) is 10.1. The smallest absolute Gasteiger partial charge is 0.324 e. The molecule has 1 fully saturated rings. The third kappa shape index (κ3) is 5.20. The summed E-state index contributed by atoms with van der Waals surface area (Å²) in [5.74, 6) is 0.907. The minimum absolute atomic E-state index is 0.0609. The van der Waals surface area contributed by atoms with Gasteiger partial charge in [0.05, 0.1) is 17.7 Å². The molecule has 6 nitrogen and oxygen atoms in total. The van der Waals surface area contributed by atoms with Gasteiger partial charge in [-0.3, -0.25) is 9.69 Å². The maximum absolute atomic E-state index is 13.4. The van der Waals surface area contributed by atoms with Crippen molar-refractivity contribution < 1.29 is 14.3 Å². The lowest BCUT2D eigenvalue weighted by molar-refractivity contribution is 0.103. The molecule has 0 atom stereocenters. The molecule has 7 heteroatoms. The lowest BCUT2D eigenvalue weighted by atomic mass is 10.0. The first-order chi connectivity index (χ1) is 16.0. The highest BCUT2D eigenvalue weighted by atomic mass is 32.1. The van der Waals surface area contributed by atoms with E-state index in [9.17, 15) is 9.59 Å². The molecule has 1 saturated heterocycles. The van der Waals surface area contributed by atoms with Gasteiger partial charge < -0.3 is 15.0 Å². The highest BCUT2D eigenvalue weighted by molar-refractivity contribution is 7.12. The molecule has 3 aromatic rings. The molecular formula is C26H29N3O3S. The number of anilines is 2. The average molecular weight is 464 g/mol. The molecule has 3 amide bonds. The highest BCUT2D eigenvalue weighted by Gasteiger charge is 2.29. The Kier molecular flexibility index (Phi) is 6.99. The summed E-state index contributed by atoms with van der Waals surface area (Å²) < 4.78 is 5.55. The second-order valence-corrected chi connectivity index (χ2v) is 9.37. The molecule has 33 heavy (non-hydrogen) atoms. The molecule has 4 rings (SSSR count). The fraction of sp³-hybridized carbons (Fsp3) is 0.308. The minimum atomic E-state index is -0.169. The van der Waals surface area contributed by atoms with Crippen molar-refractivity contribution in [1.29, 1.82) is 0 Å². The van der Waals surface area contributed by atoms with Gasteiger partial charge in [0, 0.05) is 25.3 Å². The van der Waals surface area contributed by atoms with Gasteiger partial charge in [-0.15, -0.1) is 11.3 Å². The van der Waals surface area contributed by atoms with Crippen LogP contribution in [0.1, 0.15) is 47.0 Å². The highest BCUT2D eigenvalue weighted by Crippen LogP contribution is 2.34. The Labute approximate surface area is 198 Å². The average Bonchev–Trinajstić information content (AvgIpc) is 3.36. The van der Waals surface area contributed by atoms with Crippen LogP contribution >= 0.6 is 11.3 Å². The van der Waals surface area contributed by atoms with Gasteiger partial charge in [0.25, 0.3) is 5.91 Å². The lowest BCUT2D eigenvalue weighted by Gasteiger charge is -2.36. The van der Waals surface area contributed by atoms with Crippen molar-refractivity contribution in [2.75, 3.05) is 30.4 Å². The zero-order valence-corrected chi connectivity index (χ0v) is 20.0. The van der Waals surface area contributed by atoms with Crippen molar-refractivity contribution >= 4 is 34.6 Å². The van der Waals surface area contributed by atoms with Crippen LogP contribution in [-0.2, 0) is 6.54 Å². The maximum atomic E-state index is 13.4. The number of carbonyl (C=O) groups excluding carboxylic acids is 2. The summed E-state index contributed by atoms with van der Waals surface area (Å²) in [5, 5.41) is 4.79. The van der Waals surface area contributed by atoms with Gasteiger partial charge in [0.1, 0.15) is 5.75 Å². The van der Waals surface area contributed by atoms with Crippen LogP contribution in [0.3, 0.4) is 0 Å². The number of ether oxygens (including phenoxy) is 1. The number of methoxy groups -OCH3 is 1. The number of rotatable bonds is 7. The quantitative estimate of drug-likeness (QED) is 0.470. The van der Waals surface area contributed by atoms with E-state index in [2.05, 4.69) is 43.4 Å². The van der Waals surface area contributed by atoms with E-state index in [-0.39, 0.29) is 11.9 Å². The van der Waals surface area contributed by atoms with Gasteiger partial charge >= 0.3 is 6.03 Å². The van der Waals surface area contributed by atoms with Crippen molar-refractivity contribution in [1.82, 2.24) is 4.90 Å². The van der Waals surface area contributed by atoms with Crippen LogP contribution in [-0.4, -0.2) is 37.0 Å².